The Morgan fingerprint density at radius 2 is 1.84 bits per heavy atom. The molecular weight excluding hydrogens is 319 g/mol. The molecule has 3 rings (SSSR count). The molecular formula is C19H23FN4O. The van der Waals surface area contributed by atoms with Crippen molar-refractivity contribution in [3.8, 4) is 0 Å². The molecule has 1 amide bonds. The number of piperazine rings is 1. The van der Waals surface area contributed by atoms with Crippen LogP contribution in [-0.2, 0) is 11.3 Å². The van der Waals surface area contributed by atoms with Crippen molar-refractivity contribution in [3.63, 3.8) is 0 Å². The van der Waals surface area contributed by atoms with Crippen LogP contribution in [0.5, 0.6) is 0 Å². The van der Waals surface area contributed by atoms with Crippen LogP contribution in [0.4, 0.5) is 10.2 Å². The molecule has 0 spiro atoms. The van der Waals surface area contributed by atoms with Gasteiger partial charge < -0.3 is 15.1 Å². The van der Waals surface area contributed by atoms with E-state index >= 15 is 0 Å². The molecule has 1 aromatic carbocycles. The number of nitrogens with zero attached hydrogens (tertiary/aromatic N) is 3. The fourth-order valence-electron chi connectivity index (χ4n) is 2.91. The molecule has 1 aromatic heterocycles. The van der Waals surface area contributed by atoms with Crippen molar-refractivity contribution < 1.29 is 9.18 Å². The minimum Gasteiger partial charge on any atom is -0.353 e. The molecule has 1 saturated heterocycles. The third-order valence-corrected chi connectivity index (χ3v) is 4.36. The fraction of sp³-hybridized carbons (Fsp3) is 0.368. The van der Waals surface area contributed by atoms with Crippen LogP contribution in [-0.4, -0.2) is 48.5 Å². The number of pyridine rings is 1. The molecule has 5 nitrogen and oxygen atoms in total. The first-order valence-electron chi connectivity index (χ1n) is 8.61. The quantitative estimate of drug-likeness (QED) is 0.817. The van der Waals surface area contributed by atoms with E-state index in [1.807, 2.05) is 23.1 Å². The van der Waals surface area contributed by atoms with Gasteiger partial charge in [-0.15, -0.1) is 0 Å². The number of amides is 1. The Morgan fingerprint density at radius 1 is 1.08 bits per heavy atom. The van der Waals surface area contributed by atoms with Gasteiger partial charge in [0, 0.05) is 51.9 Å². The molecule has 0 saturated carbocycles. The van der Waals surface area contributed by atoms with Gasteiger partial charge in [0.05, 0.1) is 0 Å². The second-order valence-electron chi connectivity index (χ2n) is 6.11. The monoisotopic (exact) mass is 342 g/mol. The summed E-state index contributed by atoms with van der Waals surface area (Å²) in [5.74, 6) is 0.909. The lowest BCUT2D eigenvalue weighted by Crippen LogP contribution is -2.49. The Kier molecular flexibility index (Phi) is 5.95. The van der Waals surface area contributed by atoms with Gasteiger partial charge in [0.25, 0.3) is 0 Å². The summed E-state index contributed by atoms with van der Waals surface area (Å²) in [4.78, 5) is 20.8. The average Bonchev–Trinajstić information content (AvgIpc) is 2.67. The number of rotatable bonds is 6. The van der Waals surface area contributed by atoms with Crippen LogP contribution >= 0.6 is 0 Å². The SMILES string of the molecule is O=C(CCNCc1ccc(F)cc1)N1CCN(c2ccccn2)CC1. The molecule has 1 N–H and O–H groups in total. The molecule has 2 heterocycles. The van der Waals surface area contributed by atoms with Crippen molar-refractivity contribution in [2.75, 3.05) is 37.6 Å². The summed E-state index contributed by atoms with van der Waals surface area (Å²) in [6.07, 6.45) is 2.27. The molecule has 0 atom stereocenters. The lowest BCUT2D eigenvalue weighted by molar-refractivity contribution is -0.131. The molecule has 6 heteroatoms. The maximum atomic E-state index is 12.8. The van der Waals surface area contributed by atoms with E-state index in [4.69, 9.17) is 0 Å². The zero-order valence-corrected chi connectivity index (χ0v) is 14.2. The highest BCUT2D eigenvalue weighted by Gasteiger charge is 2.21. The van der Waals surface area contributed by atoms with Gasteiger partial charge in [0.2, 0.25) is 5.91 Å². The Morgan fingerprint density at radius 3 is 2.52 bits per heavy atom. The largest absolute Gasteiger partial charge is 0.353 e. The average molecular weight is 342 g/mol. The molecule has 132 valence electrons. The highest BCUT2D eigenvalue weighted by Crippen LogP contribution is 2.13. The molecule has 0 bridgehead atoms. The maximum Gasteiger partial charge on any atom is 0.223 e. The predicted octanol–water partition coefficient (Wildman–Crippen LogP) is 2.05. The fourth-order valence-corrected chi connectivity index (χ4v) is 2.91. The first-order chi connectivity index (χ1) is 12.2. The second-order valence-corrected chi connectivity index (χ2v) is 6.11. The number of anilines is 1. The van der Waals surface area contributed by atoms with Crippen LogP contribution in [0, 0.1) is 5.82 Å². The van der Waals surface area contributed by atoms with Crippen LogP contribution < -0.4 is 10.2 Å². The summed E-state index contributed by atoms with van der Waals surface area (Å²) in [6, 6.07) is 12.3. The minimum atomic E-state index is -0.233. The lowest BCUT2D eigenvalue weighted by atomic mass is 10.2. The van der Waals surface area contributed by atoms with E-state index in [2.05, 4.69) is 15.2 Å². The van der Waals surface area contributed by atoms with E-state index in [0.29, 0.717) is 19.5 Å². The maximum absolute atomic E-state index is 12.8. The van der Waals surface area contributed by atoms with Gasteiger partial charge >= 0.3 is 0 Å². The number of nitrogens with one attached hydrogen (secondary N) is 1. The van der Waals surface area contributed by atoms with Gasteiger partial charge in [-0.3, -0.25) is 4.79 Å². The van der Waals surface area contributed by atoms with E-state index < -0.39 is 0 Å². The highest BCUT2D eigenvalue weighted by atomic mass is 19.1. The number of halogens is 1. The summed E-state index contributed by atoms with van der Waals surface area (Å²) >= 11 is 0. The van der Waals surface area contributed by atoms with Gasteiger partial charge in [0.1, 0.15) is 11.6 Å². The molecule has 1 fully saturated rings. The number of hydrogen-bond donors (Lipinski definition) is 1. The van der Waals surface area contributed by atoms with Crippen LogP contribution in [0.25, 0.3) is 0 Å². The van der Waals surface area contributed by atoms with Crippen molar-refractivity contribution in [2.45, 2.75) is 13.0 Å². The topological polar surface area (TPSA) is 48.5 Å². The number of benzene rings is 1. The number of carbonyl (C=O) groups excluding carboxylic acids is 1. The lowest BCUT2D eigenvalue weighted by Gasteiger charge is -2.35. The highest BCUT2D eigenvalue weighted by molar-refractivity contribution is 5.76. The standard InChI is InChI=1S/C19H23FN4O/c20-17-6-4-16(5-7-17)15-21-10-8-19(25)24-13-11-23(12-14-24)18-3-1-2-9-22-18/h1-7,9,21H,8,10-15H2. The normalized spacial score (nSPS) is 14.6. The zero-order chi connectivity index (χ0) is 17.5. The molecule has 2 aromatic rings. The zero-order valence-electron chi connectivity index (χ0n) is 14.2. The van der Waals surface area contributed by atoms with Crippen LogP contribution in [0.2, 0.25) is 0 Å². The van der Waals surface area contributed by atoms with E-state index in [-0.39, 0.29) is 11.7 Å². The number of aromatic nitrogens is 1. The van der Waals surface area contributed by atoms with Crippen molar-refractivity contribution in [1.29, 1.82) is 0 Å². The molecule has 1 aliphatic rings. The van der Waals surface area contributed by atoms with Crippen molar-refractivity contribution in [1.82, 2.24) is 15.2 Å². The number of hydrogen-bond acceptors (Lipinski definition) is 4. The van der Waals surface area contributed by atoms with Crippen molar-refractivity contribution >= 4 is 11.7 Å². The van der Waals surface area contributed by atoms with Gasteiger partial charge in [-0.25, -0.2) is 9.37 Å². The smallest absolute Gasteiger partial charge is 0.223 e. The van der Waals surface area contributed by atoms with Crippen molar-refractivity contribution in [2.24, 2.45) is 0 Å². The third kappa shape index (κ3) is 5.00. The molecule has 0 radical (unpaired) electrons. The molecule has 25 heavy (non-hydrogen) atoms. The molecule has 0 aliphatic carbocycles. The Hall–Kier alpha value is -2.47. The Bertz CT molecular complexity index is 670. The molecule has 0 unspecified atom stereocenters. The van der Waals surface area contributed by atoms with E-state index in [0.717, 1.165) is 37.6 Å². The van der Waals surface area contributed by atoms with Crippen molar-refractivity contribution in [3.05, 3.63) is 60.0 Å². The molecule has 1 aliphatic heterocycles. The van der Waals surface area contributed by atoms with Gasteiger partial charge in [-0.2, -0.15) is 0 Å². The summed E-state index contributed by atoms with van der Waals surface area (Å²) in [7, 11) is 0. The Balaban J connectivity index is 1.36. The van der Waals surface area contributed by atoms with E-state index in [9.17, 15) is 9.18 Å². The minimum absolute atomic E-state index is 0.173. The van der Waals surface area contributed by atoms with Crippen LogP contribution in [0.1, 0.15) is 12.0 Å². The Labute approximate surface area is 147 Å². The number of carbonyl (C=O) groups is 1. The second kappa shape index (κ2) is 8.58. The summed E-state index contributed by atoms with van der Waals surface area (Å²) in [5.41, 5.74) is 1.01. The summed E-state index contributed by atoms with van der Waals surface area (Å²) < 4.78 is 12.8. The van der Waals surface area contributed by atoms with E-state index in [1.54, 1.807) is 18.3 Å². The summed E-state index contributed by atoms with van der Waals surface area (Å²) in [5, 5.41) is 3.24. The third-order valence-electron chi connectivity index (χ3n) is 4.36. The first kappa shape index (κ1) is 17.4. The van der Waals surface area contributed by atoms with Gasteiger partial charge in [0.15, 0.2) is 0 Å². The van der Waals surface area contributed by atoms with Gasteiger partial charge in [-0.05, 0) is 29.8 Å². The van der Waals surface area contributed by atoms with Crippen LogP contribution in [0.15, 0.2) is 48.7 Å². The first-order valence-corrected chi connectivity index (χ1v) is 8.61. The van der Waals surface area contributed by atoms with Gasteiger partial charge in [-0.1, -0.05) is 18.2 Å². The predicted molar refractivity (Wildman–Crippen MR) is 95.8 cm³/mol. The van der Waals surface area contributed by atoms with Crippen LogP contribution in [0.3, 0.4) is 0 Å². The summed E-state index contributed by atoms with van der Waals surface area (Å²) in [6.45, 7) is 4.34. The van der Waals surface area contributed by atoms with E-state index in [1.165, 1.54) is 12.1 Å².